The lowest BCUT2D eigenvalue weighted by atomic mass is 9.92. The monoisotopic (exact) mass is 439 g/mol. The Morgan fingerprint density at radius 2 is 1.90 bits per heavy atom. The number of benzene rings is 1. The molecule has 1 atom stereocenters. The van der Waals surface area contributed by atoms with E-state index in [2.05, 4.69) is 34.4 Å². The third-order valence-corrected chi connectivity index (χ3v) is 6.49. The van der Waals surface area contributed by atoms with Crippen LogP contribution in [0, 0.1) is 5.92 Å². The summed E-state index contributed by atoms with van der Waals surface area (Å²) in [6.45, 7) is 11.9. The molecule has 170 valence electrons. The SMILES string of the molecule is CCNC(=NCc1cccc(S(N)(=O)=O)c1)NCC(C(CC)CC)N1CCOCC1. The molecule has 1 aromatic carbocycles. The summed E-state index contributed by atoms with van der Waals surface area (Å²) in [6, 6.07) is 7.02. The fourth-order valence-electron chi connectivity index (χ4n) is 3.87. The van der Waals surface area contributed by atoms with Crippen molar-refractivity contribution in [2.75, 3.05) is 39.4 Å². The number of morpholine rings is 1. The van der Waals surface area contributed by atoms with Crippen molar-refractivity contribution in [1.29, 1.82) is 0 Å². The van der Waals surface area contributed by atoms with Crippen LogP contribution < -0.4 is 15.8 Å². The Bertz CT molecular complexity index is 775. The zero-order chi connectivity index (χ0) is 22.0. The minimum atomic E-state index is -3.72. The maximum Gasteiger partial charge on any atom is 0.238 e. The molecule has 1 saturated heterocycles. The van der Waals surface area contributed by atoms with E-state index in [-0.39, 0.29) is 4.90 Å². The fourth-order valence-corrected chi connectivity index (χ4v) is 4.45. The summed E-state index contributed by atoms with van der Waals surface area (Å²) in [5, 5.41) is 12.0. The van der Waals surface area contributed by atoms with Gasteiger partial charge in [-0.3, -0.25) is 4.90 Å². The van der Waals surface area contributed by atoms with Gasteiger partial charge in [-0.05, 0) is 30.5 Å². The van der Waals surface area contributed by atoms with Crippen molar-refractivity contribution in [3.63, 3.8) is 0 Å². The predicted molar refractivity (Wildman–Crippen MR) is 121 cm³/mol. The van der Waals surface area contributed by atoms with E-state index in [1.807, 2.05) is 13.0 Å². The fraction of sp³-hybridized carbons (Fsp3) is 0.667. The van der Waals surface area contributed by atoms with Crippen LogP contribution in [0.3, 0.4) is 0 Å². The molecule has 1 heterocycles. The molecule has 1 fully saturated rings. The number of hydrogen-bond donors (Lipinski definition) is 3. The lowest BCUT2D eigenvalue weighted by Crippen LogP contribution is -2.53. The third kappa shape index (κ3) is 7.54. The first kappa shape index (κ1) is 24.6. The molecule has 0 aromatic heterocycles. The van der Waals surface area contributed by atoms with Gasteiger partial charge in [-0.2, -0.15) is 0 Å². The highest BCUT2D eigenvalue weighted by Gasteiger charge is 2.27. The van der Waals surface area contributed by atoms with Gasteiger partial charge in [-0.25, -0.2) is 18.5 Å². The number of ether oxygens (including phenoxy) is 1. The summed E-state index contributed by atoms with van der Waals surface area (Å²) >= 11 is 0. The standard InChI is InChI=1S/C21H37N5O3S/c1-4-18(5-2)20(26-10-12-29-13-11-26)16-25-21(23-6-3)24-15-17-8-7-9-19(14-17)30(22,27)28/h7-9,14,18,20H,4-6,10-13,15-16H2,1-3H3,(H2,22,27,28)(H2,23,24,25). The molecule has 0 amide bonds. The topological polar surface area (TPSA) is 109 Å². The Kier molecular flexibility index (Phi) is 10.0. The van der Waals surface area contributed by atoms with Crippen LogP contribution in [0.2, 0.25) is 0 Å². The van der Waals surface area contributed by atoms with Gasteiger partial charge >= 0.3 is 0 Å². The van der Waals surface area contributed by atoms with Crippen LogP contribution in [0.5, 0.6) is 0 Å². The highest BCUT2D eigenvalue weighted by Crippen LogP contribution is 2.19. The van der Waals surface area contributed by atoms with E-state index in [0.717, 1.165) is 63.8 Å². The van der Waals surface area contributed by atoms with Crippen LogP contribution in [0.1, 0.15) is 39.2 Å². The maximum atomic E-state index is 11.6. The first-order valence-corrected chi connectivity index (χ1v) is 12.4. The molecule has 9 heteroatoms. The normalized spacial score (nSPS) is 17.2. The molecule has 1 aliphatic heterocycles. The predicted octanol–water partition coefficient (Wildman–Crippen LogP) is 1.53. The molecule has 8 nitrogen and oxygen atoms in total. The van der Waals surface area contributed by atoms with E-state index in [0.29, 0.717) is 18.5 Å². The second-order valence-corrected chi connectivity index (χ2v) is 9.12. The number of nitrogens with one attached hydrogen (secondary N) is 2. The summed E-state index contributed by atoms with van der Waals surface area (Å²) < 4.78 is 28.7. The second-order valence-electron chi connectivity index (χ2n) is 7.56. The zero-order valence-electron chi connectivity index (χ0n) is 18.4. The van der Waals surface area contributed by atoms with Crippen LogP contribution in [-0.4, -0.2) is 64.7 Å². The number of primary sulfonamides is 1. The van der Waals surface area contributed by atoms with E-state index in [1.165, 1.54) is 6.07 Å². The third-order valence-electron chi connectivity index (χ3n) is 5.58. The van der Waals surface area contributed by atoms with Gasteiger partial charge < -0.3 is 15.4 Å². The number of nitrogens with two attached hydrogens (primary N) is 1. The van der Waals surface area contributed by atoms with Gasteiger partial charge in [0, 0.05) is 32.2 Å². The summed E-state index contributed by atoms with van der Waals surface area (Å²) in [4.78, 5) is 7.28. The molecular weight excluding hydrogens is 402 g/mol. The van der Waals surface area contributed by atoms with Gasteiger partial charge in [0.15, 0.2) is 5.96 Å². The Labute approximate surface area is 181 Å². The van der Waals surface area contributed by atoms with Crippen molar-refractivity contribution in [2.24, 2.45) is 16.0 Å². The Hall–Kier alpha value is -1.68. The molecule has 0 bridgehead atoms. The Morgan fingerprint density at radius 1 is 1.20 bits per heavy atom. The first-order chi connectivity index (χ1) is 14.4. The van der Waals surface area contributed by atoms with Crippen LogP contribution in [0.4, 0.5) is 0 Å². The van der Waals surface area contributed by atoms with E-state index >= 15 is 0 Å². The van der Waals surface area contributed by atoms with Crippen molar-refractivity contribution in [3.8, 4) is 0 Å². The zero-order valence-corrected chi connectivity index (χ0v) is 19.2. The molecule has 1 unspecified atom stereocenters. The van der Waals surface area contributed by atoms with Crippen molar-refractivity contribution >= 4 is 16.0 Å². The molecule has 2 rings (SSSR count). The first-order valence-electron chi connectivity index (χ1n) is 10.8. The molecule has 1 aliphatic rings. The number of hydrogen-bond acceptors (Lipinski definition) is 5. The lowest BCUT2D eigenvalue weighted by molar-refractivity contribution is 0.00272. The van der Waals surface area contributed by atoms with Gasteiger partial charge in [-0.15, -0.1) is 0 Å². The number of aliphatic imine (C=N–C) groups is 1. The smallest absolute Gasteiger partial charge is 0.238 e. The lowest BCUT2D eigenvalue weighted by Gasteiger charge is -2.39. The molecule has 0 saturated carbocycles. The van der Waals surface area contributed by atoms with Crippen LogP contribution in [0.15, 0.2) is 34.2 Å². The molecule has 4 N–H and O–H groups in total. The molecule has 0 aliphatic carbocycles. The van der Waals surface area contributed by atoms with E-state index < -0.39 is 10.0 Å². The van der Waals surface area contributed by atoms with Crippen LogP contribution >= 0.6 is 0 Å². The minimum absolute atomic E-state index is 0.106. The number of sulfonamides is 1. The minimum Gasteiger partial charge on any atom is -0.379 e. The number of rotatable bonds is 10. The van der Waals surface area contributed by atoms with Gasteiger partial charge in [0.2, 0.25) is 10.0 Å². The number of guanidine groups is 1. The summed E-state index contributed by atoms with van der Waals surface area (Å²) in [5.74, 6) is 1.33. The average Bonchev–Trinajstić information content (AvgIpc) is 2.75. The van der Waals surface area contributed by atoms with E-state index in [1.54, 1.807) is 12.1 Å². The Morgan fingerprint density at radius 3 is 2.50 bits per heavy atom. The molecule has 0 spiro atoms. The largest absolute Gasteiger partial charge is 0.379 e. The van der Waals surface area contributed by atoms with Gasteiger partial charge in [0.05, 0.1) is 24.7 Å². The molecule has 0 radical (unpaired) electrons. The summed E-state index contributed by atoms with van der Waals surface area (Å²) in [7, 11) is -3.72. The summed E-state index contributed by atoms with van der Waals surface area (Å²) in [6.07, 6.45) is 2.27. The van der Waals surface area contributed by atoms with Gasteiger partial charge in [0.25, 0.3) is 0 Å². The second kappa shape index (κ2) is 12.2. The summed E-state index contributed by atoms with van der Waals surface area (Å²) in [5.41, 5.74) is 0.795. The van der Waals surface area contributed by atoms with Crippen LogP contribution in [-0.2, 0) is 21.3 Å². The quantitative estimate of drug-likeness (QED) is 0.377. The van der Waals surface area contributed by atoms with E-state index in [9.17, 15) is 8.42 Å². The Balaban J connectivity index is 2.08. The molecular formula is C21H37N5O3S. The highest BCUT2D eigenvalue weighted by atomic mass is 32.2. The number of nitrogens with zero attached hydrogens (tertiary/aromatic N) is 2. The highest BCUT2D eigenvalue weighted by molar-refractivity contribution is 7.89. The van der Waals surface area contributed by atoms with Crippen molar-refractivity contribution in [2.45, 2.75) is 51.1 Å². The average molecular weight is 440 g/mol. The molecule has 1 aromatic rings. The maximum absolute atomic E-state index is 11.6. The van der Waals surface area contributed by atoms with Gasteiger partial charge in [-0.1, -0.05) is 38.8 Å². The van der Waals surface area contributed by atoms with Crippen molar-refractivity contribution < 1.29 is 13.2 Å². The molecule has 30 heavy (non-hydrogen) atoms. The van der Waals surface area contributed by atoms with E-state index in [4.69, 9.17) is 9.88 Å². The van der Waals surface area contributed by atoms with Gasteiger partial charge in [0.1, 0.15) is 0 Å². The van der Waals surface area contributed by atoms with Crippen molar-refractivity contribution in [3.05, 3.63) is 29.8 Å². The van der Waals surface area contributed by atoms with Crippen molar-refractivity contribution in [1.82, 2.24) is 15.5 Å². The van der Waals surface area contributed by atoms with Crippen LogP contribution in [0.25, 0.3) is 0 Å².